The smallest absolute Gasteiger partial charge is 0.241 e. The predicted octanol–water partition coefficient (Wildman–Crippen LogP) is 2.78. The van der Waals surface area contributed by atoms with E-state index in [0.29, 0.717) is 5.69 Å². The second kappa shape index (κ2) is 7.65. The number of hydrogen-bond acceptors (Lipinski definition) is 3. The Bertz CT molecular complexity index is 851. The molecule has 0 radical (unpaired) electrons. The highest BCUT2D eigenvalue weighted by Gasteiger charge is 2.23. The van der Waals surface area contributed by atoms with Gasteiger partial charge in [-0.05, 0) is 43.2 Å². The van der Waals surface area contributed by atoms with E-state index >= 15 is 0 Å². The molecule has 5 nitrogen and oxygen atoms in total. The van der Waals surface area contributed by atoms with Gasteiger partial charge in [-0.25, -0.2) is 12.8 Å². The van der Waals surface area contributed by atoms with Crippen molar-refractivity contribution in [3.8, 4) is 0 Å². The molecule has 0 heterocycles. The third kappa shape index (κ3) is 5.03. The number of anilines is 1. The number of halogens is 1. The van der Waals surface area contributed by atoms with Crippen LogP contribution in [0.1, 0.15) is 24.1 Å². The van der Waals surface area contributed by atoms with Crippen LogP contribution in [0, 0.1) is 12.7 Å². The summed E-state index contributed by atoms with van der Waals surface area (Å²) in [4.78, 5) is 12.3. The summed E-state index contributed by atoms with van der Waals surface area (Å²) in [5, 5.41) is 2.74. The van der Waals surface area contributed by atoms with Crippen LogP contribution in [-0.2, 0) is 14.8 Å². The molecule has 0 aliphatic carbocycles. The van der Waals surface area contributed by atoms with Gasteiger partial charge in [-0.2, -0.15) is 0 Å². The maximum Gasteiger partial charge on any atom is 0.241 e. The van der Waals surface area contributed by atoms with Crippen LogP contribution in [0.3, 0.4) is 0 Å². The number of nitrogens with one attached hydrogen (secondary N) is 1. The zero-order chi connectivity index (χ0) is 18.6. The first-order chi connectivity index (χ1) is 11.7. The van der Waals surface area contributed by atoms with Crippen LogP contribution in [0.2, 0.25) is 0 Å². The summed E-state index contributed by atoms with van der Waals surface area (Å²) < 4.78 is 38.3. The van der Waals surface area contributed by atoms with Crippen molar-refractivity contribution in [2.75, 3.05) is 17.1 Å². The lowest BCUT2D eigenvalue weighted by Gasteiger charge is -2.24. The summed E-state index contributed by atoms with van der Waals surface area (Å²) in [6.45, 7) is 3.21. The molecule has 2 aromatic carbocycles. The quantitative estimate of drug-likeness (QED) is 0.857. The molecule has 1 atom stereocenters. The fourth-order valence-corrected chi connectivity index (χ4v) is 3.39. The van der Waals surface area contributed by atoms with Crippen LogP contribution in [-0.4, -0.2) is 27.1 Å². The van der Waals surface area contributed by atoms with E-state index in [1.54, 1.807) is 50.2 Å². The van der Waals surface area contributed by atoms with Crippen molar-refractivity contribution in [3.63, 3.8) is 0 Å². The molecule has 0 aromatic heterocycles. The zero-order valence-electron chi connectivity index (χ0n) is 14.4. The zero-order valence-corrected chi connectivity index (χ0v) is 15.2. The minimum atomic E-state index is -3.62. The Morgan fingerprint density at radius 3 is 2.32 bits per heavy atom. The van der Waals surface area contributed by atoms with Gasteiger partial charge in [-0.3, -0.25) is 9.10 Å². The van der Waals surface area contributed by atoms with Crippen molar-refractivity contribution < 1.29 is 17.6 Å². The largest absolute Gasteiger partial charge is 0.348 e. The summed E-state index contributed by atoms with van der Waals surface area (Å²) >= 11 is 0. The molecular formula is C18H21FN2O3S. The highest BCUT2D eigenvalue weighted by atomic mass is 32.2. The van der Waals surface area contributed by atoms with Gasteiger partial charge in [-0.15, -0.1) is 0 Å². The Morgan fingerprint density at radius 2 is 1.76 bits per heavy atom. The maximum absolute atomic E-state index is 13.0. The molecule has 2 aromatic rings. The minimum Gasteiger partial charge on any atom is -0.348 e. The van der Waals surface area contributed by atoms with E-state index in [2.05, 4.69) is 5.32 Å². The lowest BCUT2D eigenvalue weighted by Crippen LogP contribution is -2.41. The fourth-order valence-electron chi connectivity index (χ4n) is 2.48. The summed E-state index contributed by atoms with van der Waals surface area (Å²) in [5.74, 6) is -0.796. The number of para-hydroxylation sites is 1. The Labute approximate surface area is 147 Å². The third-order valence-electron chi connectivity index (χ3n) is 3.82. The number of benzene rings is 2. The third-order valence-corrected chi connectivity index (χ3v) is 4.95. The second-order valence-electron chi connectivity index (χ2n) is 5.90. The minimum absolute atomic E-state index is 0.324. The van der Waals surface area contributed by atoms with E-state index in [9.17, 15) is 17.6 Å². The standard InChI is InChI=1S/C18H21FN2O3S/c1-13-6-4-5-7-17(13)21(25(3,23)24)12-18(22)20-14(2)15-8-10-16(19)11-9-15/h4-11,14H,12H2,1-3H3,(H,20,22)/t14-/m1/s1. The highest BCUT2D eigenvalue weighted by molar-refractivity contribution is 7.92. The number of rotatable bonds is 6. The molecule has 0 aliphatic rings. The van der Waals surface area contributed by atoms with E-state index in [0.717, 1.165) is 21.7 Å². The van der Waals surface area contributed by atoms with Crippen molar-refractivity contribution in [1.29, 1.82) is 0 Å². The molecule has 7 heteroatoms. The van der Waals surface area contributed by atoms with Gasteiger partial charge in [0.2, 0.25) is 15.9 Å². The Morgan fingerprint density at radius 1 is 1.16 bits per heavy atom. The monoisotopic (exact) mass is 364 g/mol. The van der Waals surface area contributed by atoms with E-state index in [-0.39, 0.29) is 18.4 Å². The van der Waals surface area contributed by atoms with Gasteiger partial charge in [-0.1, -0.05) is 30.3 Å². The number of aryl methyl sites for hydroxylation is 1. The molecule has 0 aliphatic heterocycles. The number of sulfonamides is 1. The molecular weight excluding hydrogens is 343 g/mol. The molecule has 25 heavy (non-hydrogen) atoms. The second-order valence-corrected chi connectivity index (χ2v) is 7.80. The topological polar surface area (TPSA) is 66.5 Å². The Kier molecular flexibility index (Phi) is 5.79. The van der Waals surface area contributed by atoms with E-state index in [4.69, 9.17) is 0 Å². The van der Waals surface area contributed by atoms with Crippen LogP contribution in [0.25, 0.3) is 0 Å². The van der Waals surface area contributed by atoms with Crippen molar-refractivity contribution in [3.05, 3.63) is 65.5 Å². The average molecular weight is 364 g/mol. The number of nitrogens with zero attached hydrogens (tertiary/aromatic N) is 1. The van der Waals surface area contributed by atoms with Gasteiger partial charge in [0.05, 0.1) is 18.0 Å². The SMILES string of the molecule is Cc1ccccc1N(CC(=O)N[C@H](C)c1ccc(F)cc1)S(C)(=O)=O. The van der Waals surface area contributed by atoms with E-state index in [1.165, 1.54) is 12.1 Å². The van der Waals surface area contributed by atoms with Gasteiger partial charge >= 0.3 is 0 Å². The van der Waals surface area contributed by atoms with Crippen LogP contribution in [0.15, 0.2) is 48.5 Å². The van der Waals surface area contributed by atoms with Gasteiger partial charge in [0, 0.05) is 0 Å². The van der Waals surface area contributed by atoms with E-state index in [1.807, 2.05) is 0 Å². The molecule has 0 fully saturated rings. The summed E-state index contributed by atoms with van der Waals surface area (Å²) in [7, 11) is -3.62. The predicted molar refractivity (Wildman–Crippen MR) is 96.3 cm³/mol. The van der Waals surface area contributed by atoms with Crippen molar-refractivity contribution in [2.45, 2.75) is 19.9 Å². The molecule has 1 N–H and O–H groups in total. The Hall–Kier alpha value is -2.41. The normalized spacial score (nSPS) is 12.5. The van der Waals surface area contributed by atoms with E-state index < -0.39 is 15.9 Å². The first-order valence-electron chi connectivity index (χ1n) is 7.76. The van der Waals surface area contributed by atoms with Crippen LogP contribution >= 0.6 is 0 Å². The van der Waals surface area contributed by atoms with Gasteiger partial charge in [0.25, 0.3) is 0 Å². The molecule has 2 rings (SSSR count). The first kappa shape index (κ1) is 18.9. The molecule has 0 saturated carbocycles. The van der Waals surface area contributed by atoms with Gasteiger partial charge < -0.3 is 5.32 Å². The molecule has 134 valence electrons. The number of amides is 1. The molecule has 0 bridgehead atoms. The average Bonchev–Trinajstić information content (AvgIpc) is 2.53. The van der Waals surface area contributed by atoms with Crippen molar-refractivity contribution in [1.82, 2.24) is 5.32 Å². The Balaban J connectivity index is 2.15. The van der Waals surface area contributed by atoms with Gasteiger partial charge in [0.15, 0.2) is 0 Å². The lowest BCUT2D eigenvalue weighted by atomic mass is 10.1. The van der Waals surface area contributed by atoms with Crippen LogP contribution in [0.4, 0.5) is 10.1 Å². The fraction of sp³-hybridized carbons (Fsp3) is 0.278. The highest BCUT2D eigenvalue weighted by Crippen LogP contribution is 2.22. The number of carbonyl (C=O) groups excluding carboxylic acids is 1. The maximum atomic E-state index is 13.0. The van der Waals surface area contributed by atoms with Crippen LogP contribution in [0.5, 0.6) is 0 Å². The molecule has 1 amide bonds. The van der Waals surface area contributed by atoms with Crippen molar-refractivity contribution >= 4 is 21.6 Å². The summed E-state index contributed by atoms with van der Waals surface area (Å²) in [5.41, 5.74) is 1.96. The molecule has 0 unspecified atom stereocenters. The van der Waals surface area contributed by atoms with Gasteiger partial charge in [0.1, 0.15) is 12.4 Å². The lowest BCUT2D eigenvalue weighted by molar-refractivity contribution is -0.120. The molecule has 0 saturated heterocycles. The summed E-state index contributed by atoms with van der Waals surface area (Å²) in [6.07, 6.45) is 1.07. The van der Waals surface area contributed by atoms with Crippen molar-refractivity contribution in [2.24, 2.45) is 0 Å². The van der Waals surface area contributed by atoms with Crippen LogP contribution < -0.4 is 9.62 Å². The number of hydrogen-bond donors (Lipinski definition) is 1. The summed E-state index contributed by atoms with van der Waals surface area (Å²) in [6, 6.07) is 12.4. The number of carbonyl (C=O) groups is 1. The first-order valence-corrected chi connectivity index (χ1v) is 9.61. The molecule has 0 spiro atoms.